The van der Waals surface area contributed by atoms with Gasteiger partial charge in [-0.05, 0) is 121 Å². The van der Waals surface area contributed by atoms with Gasteiger partial charge in [-0.15, -0.1) is 34.0 Å². The Labute approximate surface area is 577 Å². The summed E-state index contributed by atoms with van der Waals surface area (Å²) in [6.07, 6.45) is 2.00. The zero-order valence-electron chi connectivity index (χ0n) is 63.7. The van der Waals surface area contributed by atoms with Crippen LogP contribution in [0.1, 0.15) is 419 Å². The molecule has 8 aromatic heterocycles. The van der Waals surface area contributed by atoms with Gasteiger partial charge < -0.3 is 13.3 Å². The van der Waals surface area contributed by atoms with Gasteiger partial charge in [0.15, 0.2) is 5.89 Å². The number of hydrogen-bond acceptors (Lipinski definition) is 14. The number of thiazole rings is 2. The molecule has 8 rings (SSSR count). The van der Waals surface area contributed by atoms with Gasteiger partial charge >= 0.3 is 0 Å². The average molecular weight is 1350 g/mol. The molecular formula is C77H128N6O3S5. The summed E-state index contributed by atoms with van der Waals surface area (Å²) in [5.41, 5.74) is 4.78. The van der Waals surface area contributed by atoms with Gasteiger partial charge in [0.1, 0.15) is 39.6 Å². The van der Waals surface area contributed by atoms with E-state index >= 15 is 0 Å². The van der Waals surface area contributed by atoms with Crippen molar-refractivity contribution in [3.63, 3.8) is 0 Å². The number of rotatable bonds is 16. The molecule has 0 aromatic carbocycles. The third kappa shape index (κ3) is 30.5. The van der Waals surface area contributed by atoms with E-state index in [-0.39, 0.29) is 0 Å². The van der Waals surface area contributed by atoms with E-state index in [9.17, 15) is 0 Å². The van der Waals surface area contributed by atoms with Crippen molar-refractivity contribution in [2.45, 2.75) is 337 Å². The predicted octanol–water partition coefficient (Wildman–Crippen LogP) is 27.8. The maximum atomic E-state index is 5.74. The zero-order chi connectivity index (χ0) is 70.1. The summed E-state index contributed by atoms with van der Waals surface area (Å²) in [5.74, 6) is 16.0. The Morgan fingerprint density at radius 1 is 0.319 bits per heavy atom. The quantitative estimate of drug-likeness (QED) is 0.0932. The Bertz CT molecular complexity index is 2630. The summed E-state index contributed by atoms with van der Waals surface area (Å²) in [6.45, 7) is 75.8. The van der Waals surface area contributed by atoms with Crippen LogP contribution in [0.4, 0.5) is 0 Å². The maximum Gasteiger partial charge on any atom is 0.197 e. The highest BCUT2D eigenvalue weighted by molar-refractivity contribution is 7.12. The van der Waals surface area contributed by atoms with Gasteiger partial charge in [-0.3, -0.25) is 0 Å². The van der Waals surface area contributed by atoms with Gasteiger partial charge in [-0.1, -0.05) is 222 Å². The fourth-order valence-electron chi connectivity index (χ4n) is 8.18. The highest BCUT2D eigenvalue weighted by atomic mass is 32.1. The number of thiophene rings is 1. The van der Waals surface area contributed by atoms with Crippen LogP contribution in [0.25, 0.3) is 0 Å². The van der Waals surface area contributed by atoms with Crippen molar-refractivity contribution < 1.29 is 13.3 Å². The Kier molecular flexibility index (Phi) is 38.9. The Morgan fingerprint density at radius 3 is 1.04 bits per heavy atom. The lowest BCUT2D eigenvalue weighted by molar-refractivity contribution is 0.421. The van der Waals surface area contributed by atoms with E-state index in [4.69, 9.17) is 13.3 Å². The predicted molar refractivity (Wildman–Crippen MR) is 404 cm³/mol. The number of hydrogen-bond donors (Lipinski definition) is 0. The smallest absolute Gasteiger partial charge is 0.197 e. The molecule has 0 bridgehead atoms. The molecule has 14 heteroatoms. The summed E-state index contributed by atoms with van der Waals surface area (Å²) >= 11 is 8.81. The summed E-state index contributed by atoms with van der Waals surface area (Å²) in [6, 6.07) is 13.0. The molecule has 0 aliphatic carbocycles. The minimum absolute atomic E-state index is 0.385. The summed E-state index contributed by atoms with van der Waals surface area (Å²) in [5, 5.41) is 3.68. The lowest BCUT2D eigenvalue weighted by Gasteiger charge is -2.02. The van der Waals surface area contributed by atoms with Gasteiger partial charge in [0.25, 0.3) is 0 Å². The molecule has 0 N–H and O–H groups in total. The molecule has 514 valence electrons. The van der Waals surface area contributed by atoms with Crippen molar-refractivity contribution in [3.8, 4) is 0 Å². The van der Waals surface area contributed by atoms with Crippen molar-refractivity contribution >= 4 is 57.1 Å². The van der Waals surface area contributed by atoms with Crippen LogP contribution in [0.2, 0.25) is 0 Å². The van der Waals surface area contributed by atoms with Crippen LogP contribution in [0.15, 0.2) is 55.8 Å². The molecule has 0 unspecified atom stereocenters. The lowest BCUT2D eigenvalue weighted by atomic mass is 10.1. The van der Waals surface area contributed by atoms with E-state index in [2.05, 4.69) is 300 Å². The molecule has 0 aliphatic rings. The zero-order valence-corrected chi connectivity index (χ0v) is 67.8. The molecule has 0 amide bonds. The van der Waals surface area contributed by atoms with Gasteiger partial charge in [0.2, 0.25) is 0 Å². The third-order valence-corrected chi connectivity index (χ3v) is 21.3. The largest absolute Gasteiger partial charge is 0.466 e. The maximum absolute atomic E-state index is 5.74. The Morgan fingerprint density at radius 2 is 0.802 bits per heavy atom. The first kappa shape index (κ1) is 84.9. The van der Waals surface area contributed by atoms with Crippen molar-refractivity contribution in [3.05, 3.63) is 145 Å². The normalized spacial score (nSPS) is 11.5. The summed E-state index contributed by atoms with van der Waals surface area (Å²) in [7, 11) is 0. The first-order chi connectivity index (χ1) is 42.1. The fraction of sp³-hybridized carbons (Fsp3) is 0.662. The number of nitrogens with zero attached hydrogens (tertiary/aromatic N) is 6. The second-order valence-corrected chi connectivity index (χ2v) is 33.8. The Balaban J connectivity index is 0.000000520. The topological polar surface area (TPSA) is 117 Å². The van der Waals surface area contributed by atoms with Crippen LogP contribution >= 0.6 is 57.1 Å². The van der Waals surface area contributed by atoms with E-state index in [1.165, 1.54) is 62.9 Å². The second-order valence-electron chi connectivity index (χ2n) is 28.9. The van der Waals surface area contributed by atoms with Crippen molar-refractivity contribution in [1.29, 1.82) is 0 Å². The van der Waals surface area contributed by atoms with Crippen molar-refractivity contribution in [2.24, 2.45) is 0 Å². The molecule has 8 aromatic rings. The minimum atomic E-state index is 0.385. The van der Waals surface area contributed by atoms with Crippen LogP contribution in [0.5, 0.6) is 0 Å². The molecule has 0 aliphatic heterocycles. The molecule has 91 heavy (non-hydrogen) atoms. The van der Waals surface area contributed by atoms with Crippen LogP contribution in [0.3, 0.4) is 0 Å². The van der Waals surface area contributed by atoms with Gasteiger partial charge in [0, 0.05) is 89.8 Å². The minimum Gasteiger partial charge on any atom is -0.466 e. The summed E-state index contributed by atoms with van der Waals surface area (Å²) < 4.78 is 25.6. The van der Waals surface area contributed by atoms with Gasteiger partial charge in [-0.25, -0.2) is 19.9 Å². The number of oxazole rings is 1. The second kappa shape index (κ2) is 41.7. The lowest BCUT2D eigenvalue weighted by Crippen LogP contribution is -1.91. The molecule has 0 saturated heterocycles. The highest BCUT2D eigenvalue weighted by Gasteiger charge is 2.17. The average Bonchev–Trinajstić information content (AvgIpc) is 2.27. The number of aryl methyl sites for hydroxylation is 3. The third-order valence-electron chi connectivity index (χ3n) is 14.2. The SMILES string of the molecule is CC(C)c1cc(C(C)C)sn1.CC(C)c1ccc(C(C)C)o1.CC(C)c1ccc(C(C)C)s1.CC(C)c1cnc(C(C)C)s1.CC(C)c1nsc(C(C)C)n1.Cc1cc(C(C)C)oc1C(C)C.Cc1nc(C(C)C)oc1C(C)C.Cc1nc(C(C)C)sc1C(C)C. The first-order valence-electron chi connectivity index (χ1n) is 34.1. The van der Waals surface area contributed by atoms with E-state index < -0.39 is 0 Å². The summed E-state index contributed by atoms with van der Waals surface area (Å²) in [4.78, 5) is 24.9. The molecule has 0 saturated carbocycles. The van der Waals surface area contributed by atoms with Gasteiger partial charge in [-0.2, -0.15) is 8.75 Å². The highest BCUT2D eigenvalue weighted by Crippen LogP contribution is 2.33. The van der Waals surface area contributed by atoms with E-state index in [1.807, 2.05) is 47.1 Å². The fourth-order valence-corrected chi connectivity index (χ4v) is 12.8. The molecule has 8 heterocycles. The van der Waals surface area contributed by atoms with Crippen LogP contribution in [-0.2, 0) is 0 Å². The number of aromatic nitrogens is 6. The monoisotopic (exact) mass is 1340 g/mol. The first-order valence-corrected chi connectivity index (χ1v) is 38.1. The van der Waals surface area contributed by atoms with E-state index in [0.717, 1.165) is 51.2 Å². The van der Waals surface area contributed by atoms with E-state index in [0.29, 0.717) is 94.7 Å². The number of furan rings is 2. The van der Waals surface area contributed by atoms with Gasteiger partial charge in [0.05, 0.1) is 27.1 Å². The Hall–Kier alpha value is -4.08. The van der Waals surface area contributed by atoms with Crippen molar-refractivity contribution in [2.75, 3.05) is 0 Å². The molecule has 0 fully saturated rings. The van der Waals surface area contributed by atoms with E-state index in [1.54, 1.807) is 11.5 Å². The van der Waals surface area contributed by atoms with Crippen LogP contribution < -0.4 is 0 Å². The molecule has 0 radical (unpaired) electrons. The van der Waals surface area contributed by atoms with Crippen molar-refractivity contribution in [1.82, 2.24) is 28.7 Å². The molecule has 0 atom stereocenters. The van der Waals surface area contributed by atoms with Crippen LogP contribution in [-0.4, -0.2) is 28.7 Å². The molecule has 0 spiro atoms. The molecular weight excluding hydrogens is 1220 g/mol. The molecule has 9 nitrogen and oxygen atoms in total. The standard InChI is InChI=1S/C11H18O.C10H17NO.C10H17NS.C10H16O.C10H16S.2C9H15NS.C8H14N2S/c1-7(2)10-6-9(5)11(12-10)8(3)4;2*1-6(2)9-8(5)11-10(12-9)7(3)4;2*1-7(2)9-5-6-10(11-9)8(3)4;1-6(2)8-5-10-9(11-8)7(3)4;1-6(2)8-5-9(7(3)4)11-10-8;1-5(2)7-9-8(6(3)4)11-10-7/h6-8H,1-5H3;2*6-7H,1-5H3;2*5-8H,1-4H3;2*5-7H,1-4H3;5-6H,1-4H3. The van der Waals surface area contributed by atoms with Crippen LogP contribution in [0, 0.1) is 20.8 Å².